The Kier molecular flexibility index (Phi) is 5.36. The molecule has 1 aromatic rings. The number of anilines is 1. The molecule has 118 valence electrons. The van der Waals surface area contributed by atoms with Gasteiger partial charge in [-0.05, 0) is 30.5 Å². The number of nitrogens with one attached hydrogen (secondary N) is 1. The van der Waals surface area contributed by atoms with E-state index < -0.39 is 0 Å². The molecule has 1 N–H and O–H groups in total. The van der Waals surface area contributed by atoms with Gasteiger partial charge in [-0.1, -0.05) is 19.3 Å². The molecule has 1 saturated heterocycles. The number of rotatable bonds is 3. The predicted octanol–water partition coefficient (Wildman–Crippen LogP) is 2.28. The fraction of sp³-hybridized carbons (Fsp3) is 0.733. The lowest BCUT2D eigenvalue weighted by Gasteiger charge is -2.41. The van der Waals surface area contributed by atoms with Gasteiger partial charge in [0.25, 0.3) is 0 Å². The third-order valence-corrected chi connectivity index (χ3v) is 5.27. The summed E-state index contributed by atoms with van der Waals surface area (Å²) in [6.07, 6.45) is 9.33. The van der Waals surface area contributed by atoms with E-state index >= 15 is 0 Å². The molecule has 0 aromatic carbocycles. The van der Waals surface area contributed by atoms with Crippen LogP contribution in [0.2, 0.25) is 0 Å². The lowest BCUT2D eigenvalue weighted by atomic mass is 9.92. The molecule has 0 atom stereocenters. The van der Waals surface area contributed by atoms with Crippen molar-refractivity contribution in [2.24, 2.45) is 0 Å². The Labute approximate surface area is 136 Å². The van der Waals surface area contributed by atoms with Crippen molar-refractivity contribution in [1.82, 2.24) is 9.88 Å². The highest BCUT2D eigenvalue weighted by atomic mass is 32.1. The van der Waals surface area contributed by atoms with Gasteiger partial charge in [0.05, 0.1) is 0 Å². The monoisotopic (exact) mass is 319 g/mol. The van der Waals surface area contributed by atoms with E-state index in [1.54, 1.807) is 6.20 Å². The second-order valence-electron chi connectivity index (χ2n) is 6.04. The summed E-state index contributed by atoms with van der Waals surface area (Å²) in [6, 6.07) is 0.580. The number of hydrogen-bond donors (Lipinski definition) is 1. The first-order valence-electron chi connectivity index (χ1n) is 8.12. The zero-order valence-electron chi connectivity index (χ0n) is 12.8. The smallest absolute Gasteiger partial charge is 0.324 e. The Morgan fingerprint density at radius 1 is 1.23 bits per heavy atom. The molecule has 7 heteroatoms. The first kappa shape index (κ1) is 15.8. The summed E-state index contributed by atoms with van der Waals surface area (Å²) in [5, 5.41) is 3.51. The Morgan fingerprint density at radius 3 is 2.55 bits per heavy atom. The van der Waals surface area contributed by atoms with Crippen LogP contribution in [0.15, 0.2) is 6.20 Å². The molecular formula is C15H22BN3O2S. The van der Waals surface area contributed by atoms with Crippen LogP contribution in [0.3, 0.4) is 0 Å². The van der Waals surface area contributed by atoms with Crippen LogP contribution >= 0.6 is 11.3 Å². The minimum absolute atomic E-state index is 0.0341. The summed E-state index contributed by atoms with van der Waals surface area (Å²) in [5.41, 5.74) is 0. The van der Waals surface area contributed by atoms with Crippen molar-refractivity contribution in [3.8, 4) is 0 Å². The van der Waals surface area contributed by atoms with Gasteiger partial charge in [0.1, 0.15) is 7.85 Å². The number of hydrogen-bond acceptors (Lipinski definition) is 4. The van der Waals surface area contributed by atoms with Gasteiger partial charge in [-0.3, -0.25) is 5.32 Å². The summed E-state index contributed by atoms with van der Waals surface area (Å²) >= 11 is 1.31. The highest BCUT2D eigenvalue weighted by Gasteiger charge is 2.33. The van der Waals surface area contributed by atoms with Crippen molar-refractivity contribution in [1.29, 1.82) is 0 Å². The van der Waals surface area contributed by atoms with E-state index in [0.29, 0.717) is 15.9 Å². The molecule has 1 saturated carbocycles. The number of thiazole rings is 1. The van der Waals surface area contributed by atoms with Crippen LogP contribution in [0, 0.1) is 0 Å². The van der Waals surface area contributed by atoms with Crippen LogP contribution in [0.1, 0.15) is 44.9 Å². The number of amides is 2. The Hall–Kier alpha value is -1.08. The number of nitrogens with zero attached hydrogens (tertiary/aromatic N) is 2. The predicted molar refractivity (Wildman–Crippen MR) is 89.1 cm³/mol. The molecule has 0 unspecified atom stereocenters. The van der Waals surface area contributed by atoms with Crippen molar-refractivity contribution in [3.05, 3.63) is 6.20 Å². The maximum Gasteiger partial charge on any atom is 0.324 e. The van der Waals surface area contributed by atoms with Crippen LogP contribution in [-0.2, 0) is 4.74 Å². The lowest BCUT2D eigenvalue weighted by Crippen LogP contribution is -2.51. The molecule has 2 amide bonds. The highest BCUT2D eigenvalue weighted by molar-refractivity contribution is 7.23. The molecule has 2 fully saturated rings. The van der Waals surface area contributed by atoms with Gasteiger partial charge in [-0.25, -0.2) is 9.78 Å². The number of urea groups is 1. The van der Waals surface area contributed by atoms with Crippen LogP contribution in [0.4, 0.5) is 9.93 Å². The number of aromatic nitrogens is 1. The second-order valence-corrected chi connectivity index (χ2v) is 7.10. The third kappa shape index (κ3) is 3.81. The maximum atomic E-state index is 12.8. The number of carbonyl (C=O) groups is 1. The fourth-order valence-corrected chi connectivity index (χ4v) is 4.03. The third-order valence-electron chi connectivity index (χ3n) is 4.52. The molecular weight excluding hydrogens is 297 g/mol. The summed E-state index contributed by atoms with van der Waals surface area (Å²) in [6.45, 7) is 1.48. The van der Waals surface area contributed by atoms with Crippen LogP contribution in [-0.4, -0.2) is 49.1 Å². The van der Waals surface area contributed by atoms with Crippen molar-refractivity contribution < 1.29 is 9.53 Å². The molecule has 0 bridgehead atoms. The molecule has 1 aliphatic heterocycles. The van der Waals surface area contributed by atoms with E-state index in [9.17, 15) is 4.79 Å². The van der Waals surface area contributed by atoms with E-state index in [1.807, 2.05) is 0 Å². The minimum atomic E-state index is -0.0341. The summed E-state index contributed by atoms with van der Waals surface area (Å²) in [4.78, 5) is 19.0. The second kappa shape index (κ2) is 7.46. The molecule has 0 spiro atoms. The highest BCUT2D eigenvalue weighted by Crippen LogP contribution is 2.28. The number of carbonyl (C=O) groups excluding carboxylic acids is 1. The molecule has 2 aliphatic rings. The van der Waals surface area contributed by atoms with Crippen molar-refractivity contribution in [2.75, 3.05) is 18.5 Å². The van der Waals surface area contributed by atoms with Gasteiger partial charge >= 0.3 is 6.03 Å². The normalized spacial score (nSPS) is 20.7. The van der Waals surface area contributed by atoms with E-state index in [-0.39, 0.29) is 12.1 Å². The molecule has 5 nitrogen and oxygen atoms in total. The molecule has 3 rings (SSSR count). The fourth-order valence-electron chi connectivity index (χ4n) is 3.45. The Morgan fingerprint density at radius 2 is 1.91 bits per heavy atom. The van der Waals surface area contributed by atoms with Gasteiger partial charge < -0.3 is 9.64 Å². The molecule has 1 aliphatic carbocycles. The largest absolute Gasteiger partial charge is 0.381 e. The minimum Gasteiger partial charge on any atom is -0.381 e. The van der Waals surface area contributed by atoms with Crippen molar-refractivity contribution >= 4 is 35.1 Å². The maximum absolute atomic E-state index is 12.8. The number of ether oxygens (including phenoxy) is 1. The standard InChI is InChI=1S/C15H22BN3O2S/c16-13-10-17-14(22-13)18-15(20)19(11-4-2-1-3-5-11)12-6-8-21-9-7-12/h10-12H,1-9H2,(H,17,18,20). The van der Waals surface area contributed by atoms with Crippen LogP contribution in [0.5, 0.6) is 0 Å². The average molecular weight is 319 g/mol. The molecule has 1 aromatic heterocycles. The topological polar surface area (TPSA) is 54.5 Å². The Balaban J connectivity index is 1.72. The van der Waals surface area contributed by atoms with Gasteiger partial charge in [-0.15, -0.1) is 11.3 Å². The zero-order valence-corrected chi connectivity index (χ0v) is 13.6. The van der Waals surface area contributed by atoms with E-state index in [4.69, 9.17) is 12.6 Å². The SMILES string of the molecule is [B]c1cnc(NC(=O)N(C2CCCCC2)C2CCOCC2)s1. The summed E-state index contributed by atoms with van der Waals surface area (Å²) in [5.74, 6) is 0. The van der Waals surface area contributed by atoms with Gasteiger partial charge in [0, 0.05) is 31.5 Å². The van der Waals surface area contributed by atoms with E-state index in [0.717, 1.165) is 38.9 Å². The first-order valence-corrected chi connectivity index (χ1v) is 8.94. The average Bonchev–Trinajstić information content (AvgIpc) is 2.95. The van der Waals surface area contributed by atoms with E-state index in [1.165, 1.54) is 30.6 Å². The summed E-state index contributed by atoms with van der Waals surface area (Å²) in [7, 11) is 5.69. The molecule has 2 radical (unpaired) electrons. The van der Waals surface area contributed by atoms with Gasteiger partial charge in [-0.2, -0.15) is 0 Å². The Bertz CT molecular complexity index is 481. The van der Waals surface area contributed by atoms with Crippen molar-refractivity contribution in [2.45, 2.75) is 57.0 Å². The summed E-state index contributed by atoms with van der Waals surface area (Å²) < 4.78 is 6.07. The van der Waals surface area contributed by atoms with Crippen LogP contribution in [0.25, 0.3) is 0 Å². The first-order chi connectivity index (χ1) is 10.7. The van der Waals surface area contributed by atoms with Gasteiger partial charge in [0.2, 0.25) is 0 Å². The van der Waals surface area contributed by atoms with Crippen LogP contribution < -0.4 is 10.1 Å². The van der Waals surface area contributed by atoms with Crippen molar-refractivity contribution in [3.63, 3.8) is 0 Å². The molecule has 2 heterocycles. The quantitative estimate of drug-likeness (QED) is 0.870. The van der Waals surface area contributed by atoms with Gasteiger partial charge in [0.15, 0.2) is 5.13 Å². The van der Waals surface area contributed by atoms with E-state index in [2.05, 4.69) is 15.2 Å². The molecule has 22 heavy (non-hydrogen) atoms. The zero-order chi connectivity index (χ0) is 15.4. The lowest BCUT2D eigenvalue weighted by molar-refractivity contribution is 0.0302.